The zero-order valence-corrected chi connectivity index (χ0v) is 17.5. The molecule has 0 atom stereocenters. The number of rotatable bonds is 9. The molecule has 2 rings (SSSR count). The van der Waals surface area contributed by atoms with Gasteiger partial charge >= 0.3 is 5.97 Å². The first-order chi connectivity index (χ1) is 12.0. The van der Waals surface area contributed by atoms with E-state index in [-0.39, 0.29) is 5.97 Å². The first kappa shape index (κ1) is 20.0. The minimum absolute atomic E-state index is 0.297. The summed E-state index contributed by atoms with van der Waals surface area (Å²) in [6.45, 7) is 4.96. The predicted molar refractivity (Wildman–Crippen MR) is 111 cm³/mol. The van der Waals surface area contributed by atoms with Crippen LogP contribution in [0.25, 0.3) is 10.8 Å². The summed E-state index contributed by atoms with van der Waals surface area (Å²) in [5.74, 6) is 1.03. The zero-order valence-electron chi connectivity index (χ0n) is 15.3. The minimum atomic E-state index is -0.297. The van der Waals surface area contributed by atoms with Crippen LogP contribution in [-0.4, -0.2) is 19.7 Å². The van der Waals surface area contributed by atoms with Crippen LogP contribution in [0.3, 0.4) is 0 Å². The average molecular weight is 454 g/mol. The highest BCUT2D eigenvalue weighted by Crippen LogP contribution is 2.32. The van der Waals surface area contributed by atoms with Crippen LogP contribution in [0.15, 0.2) is 30.3 Å². The van der Waals surface area contributed by atoms with Crippen molar-refractivity contribution in [2.45, 2.75) is 46.0 Å². The Morgan fingerprint density at radius 3 is 2.56 bits per heavy atom. The molecule has 0 amide bonds. The number of halogens is 1. The first-order valence-corrected chi connectivity index (χ1v) is 10.0. The second kappa shape index (κ2) is 10.00. The van der Waals surface area contributed by atoms with Gasteiger partial charge in [0.25, 0.3) is 0 Å². The van der Waals surface area contributed by atoms with Gasteiger partial charge in [-0.15, -0.1) is 0 Å². The topological polar surface area (TPSA) is 35.5 Å². The van der Waals surface area contributed by atoms with Gasteiger partial charge in [0.1, 0.15) is 11.3 Å². The lowest BCUT2D eigenvalue weighted by Gasteiger charge is -2.13. The fourth-order valence-corrected chi connectivity index (χ4v) is 3.72. The Bertz CT molecular complexity index is 710. The molecule has 0 spiro atoms. The lowest BCUT2D eigenvalue weighted by atomic mass is 10.0. The average Bonchev–Trinajstić information content (AvgIpc) is 2.59. The van der Waals surface area contributed by atoms with Gasteiger partial charge in [0.15, 0.2) is 0 Å². The molecule has 3 nitrogen and oxygen atoms in total. The Morgan fingerprint density at radius 2 is 1.84 bits per heavy atom. The van der Waals surface area contributed by atoms with Crippen molar-refractivity contribution in [3.8, 4) is 5.75 Å². The fourth-order valence-electron chi connectivity index (χ4n) is 2.93. The van der Waals surface area contributed by atoms with Gasteiger partial charge < -0.3 is 9.47 Å². The number of unbranched alkanes of at least 4 members (excludes halogenated alkanes) is 3. The molecule has 2 aromatic rings. The van der Waals surface area contributed by atoms with E-state index in [1.165, 1.54) is 19.3 Å². The highest BCUT2D eigenvalue weighted by Gasteiger charge is 2.19. The number of hydrogen-bond acceptors (Lipinski definition) is 3. The fraction of sp³-hybridized carbons (Fsp3) is 0.476. The number of ether oxygens (including phenoxy) is 2. The van der Waals surface area contributed by atoms with Crippen LogP contribution in [-0.2, 0) is 4.74 Å². The van der Waals surface area contributed by atoms with Crippen LogP contribution in [0, 0.1) is 9.49 Å². The second-order valence-corrected chi connectivity index (χ2v) is 7.88. The van der Waals surface area contributed by atoms with E-state index in [4.69, 9.17) is 9.47 Å². The number of methoxy groups -OCH3 is 1. The van der Waals surface area contributed by atoms with Gasteiger partial charge in [-0.05, 0) is 52.4 Å². The standard InChI is InChI=1S/C21H27IO3/c1-15(2)9-6-4-5-7-14-25-21(23)20-18(24-3)13-12-16-10-8-11-17(22)19(16)20/h8,10-13,15H,4-7,9,14H2,1-3H3. The number of carbonyl (C=O) groups is 1. The summed E-state index contributed by atoms with van der Waals surface area (Å²) < 4.78 is 12.0. The molecule has 0 radical (unpaired) electrons. The maximum Gasteiger partial charge on any atom is 0.342 e. The van der Waals surface area contributed by atoms with Crippen LogP contribution >= 0.6 is 22.6 Å². The van der Waals surface area contributed by atoms with E-state index in [9.17, 15) is 4.79 Å². The highest BCUT2D eigenvalue weighted by molar-refractivity contribution is 14.1. The van der Waals surface area contributed by atoms with Gasteiger partial charge in [0, 0.05) is 8.96 Å². The third-order valence-electron chi connectivity index (χ3n) is 4.29. The number of fused-ring (bicyclic) bond motifs is 1. The van der Waals surface area contributed by atoms with E-state index in [0.29, 0.717) is 17.9 Å². The third-order valence-corrected chi connectivity index (χ3v) is 5.19. The monoisotopic (exact) mass is 454 g/mol. The summed E-state index contributed by atoms with van der Waals surface area (Å²) in [6, 6.07) is 9.79. The van der Waals surface area contributed by atoms with E-state index in [0.717, 1.165) is 33.1 Å². The molecule has 0 fully saturated rings. The van der Waals surface area contributed by atoms with Crippen molar-refractivity contribution in [3.05, 3.63) is 39.5 Å². The molecule has 0 bridgehead atoms. The zero-order chi connectivity index (χ0) is 18.2. The molecule has 0 aliphatic heterocycles. The molecule has 0 heterocycles. The Kier molecular flexibility index (Phi) is 8.00. The van der Waals surface area contributed by atoms with Gasteiger partial charge in [-0.2, -0.15) is 0 Å². The smallest absolute Gasteiger partial charge is 0.342 e. The lowest BCUT2D eigenvalue weighted by Crippen LogP contribution is -2.09. The minimum Gasteiger partial charge on any atom is -0.496 e. The van der Waals surface area contributed by atoms with Crippen molar-refractivity contribution in [2.24, 2.45) is 5.92 Å². The van der Waals surface area contributed by atoms with Crippen molar-refractivity contribution in [1.82, 2.24) is 0 Å². The number of benzene rings is 2. The summed E-state index contributed by atoms with van der Waals surface area (Å²) in [5.41, 5.74) is 0.532. The summed E-state index contributed by atoms with van der Waals surface area (Å²) in [6.07, 6.45) is 5.73. The van der Waals surface area contributed by atoms with E-state index in [1.54, 1.807) is 7.11 Å². The molecule has 0 aromatic heterocycles. The summed E-state index contributed by atoms with van der Waals surface area (Å²) in [4.78, 5) is 12.7. The van der Waals surface area contributed by atoms with Crippen molar-refractivity contribution in [1.29, 1.82) is 0 Å². The summed E-state index contributed by atoms with van der Waals surface area (Å²) in [5, 5.41) is 1.93. The molecule has 0 aliphatic rings. The number of hydrogen-bond donors (Lipinski definition) is 0. The summed E-state index contributed by atoms with van der Waals surface area (Å²) >= 11 is 2.25. The van der Waals surface area contributed by atoms with E-state index in [2.05, 4.69) is 36.4 Å². The number of carbonyl (C=O) groups excluding carboxylic acids is 1. The van der Waals surface area contributed by atoms with Gasteiger partial charge in [0.05, 0.1) is 13.7 Å². The molecule has 0 aliphatic carbocycles. The van der Waals surface area contributed by atoms with Gasteiger partial charge in [-0.3, -0.25) is 0 Å². The molecule has 0 saturated carbocycles. The quantitative estimate of drug-likeness (QED) is 0.257. The largest absolute Gasteiger partial charge is 0.496 e. The van der Waals surface area contributed by atoms with Crippen molar-refractivity contribution in [3.63, 3.8) is 0 Å². The van der Waals surface area contributed by atoms with Gasteiger partial charge in [-0.25, -0.2) is 4.79 Å². The molecule has 136 valence electrons. The van der Waals surface area contributed by atoms with Gasteiger partial charge in [-0.1, -0.05) is 57.7 Å². The maximum absolute atomic E-state index is 12.7. The third kappa shape index (κ3) is 5.59. The van der Waals surface area contributed by atoms with Crippen molar-refractivity contribution < 1.29 is 14.3 Å². The van der Waals surface area contributed by atoms with Crippen molar-refractivity contribution >= 4 is 39.3 Å². The molecular weight excluding hydrogens is 427 g/mol. The van der Waals surface area contributed by atoms with E-state index >= 15 is 0 Å². The molecular formula is C21H27IO3. The Hall–Kier alpha value is -1.30. The molecule has 4 heteroatoms. The Labute approximate surface area is 164 Å². The number of esters is 1. The molecule has 25 heavy (non-hydrogen) atoms. The lowest BCUT2D eigenvalue weighted by molar-refractivity contribution is 0.0496. The molecule has 0 unspecified atom stereocenters. The summed E-state index contributed by atoms with van der Waals surface area (Å²) in [7, 11) is 1.59. The second-order valence-electron chi connectivity index (χ2n) is 6.71. The Balaban J connectivity index is 1.99. The maximum atomic E-state index is 12.7. The van der Waals surface area contributed by atoms with E-state index in [1.807, 2.05) is 30.3 Å². The highest BCUT2D eigenvalue weighted by atomic mass is 127. The first-order valence-electron chi connectivity index (χ1n) is 8.97. The van der Waals surface area contributed by atoms with Crippen LogP contribution in [0.5, 0.6) is 5.75 Å². The Morgan fingerprint density at radius 1 is 1.08 bits per heavy atom. The molecule has 2 aromatic carbocycles. The van der Waals surface area contributed by atoms with Gasteiger partial charge in [0.2, 0.25) is 0 Å². The predicted octanol–water partition coefficient (Wildman–Crippen LogP) is 6.22. The molecule has 0 N–H and O–H groups in total. The molecule has 0 saturated heterocycles. The normalized spacial score (nSPS) is 11.1. The van der Waals surface area contributed by atoms with Crippen LogP contribution in [0.1, 0.15) is 56.3 Å². The van der Waals surface area contributed by atoms with Crippen LogP contribution in [0.2, 0.25) is 0 Å². The van der Waals surface area contributed by atoms with Crippen LogP contribution < -0.4 is 4.74 Å². The van der Waals surface area contributed by atoms with Crippen molar-refractivity contribution in [2.75, 3.05) is 13.7 Å². The van der Waals surface area contributed by atoms with Crippen LogP contribution in [0.4, 0.5) is 0 Å². The van der Waals surface area contributed by atoms with E-state index < -0.39 is 0 Å². The SMILES string of the molecule is COc1ccc2cccc(I)c2c1C(=O)OCCCCCCC(C)C.